The highest BCUT2D eigenvalue weighted by molar-refractivity contribution is 5.79. The lowest BCUT2D eigenvalue weighted by Gasteiger charge is -2.30. The maximum absolute atomic E-state index is 13.0. The quantitative estimate of drug-likeness (QED) is 0.850. The number of rotatable bonds is 4. The number of ether oxygens (including phenoxy) is 1. The summed E-state index contributed by atoms with van der Waals surface area (Å²) in [5, 5.41) is 3.38. The number of esters is 1. The first-order chi connectivity index (χ1) is 9.22. The number of halogens is 1. The van der Waals surface area contributed by atoms with Gasteiger partial charge in [-0.3, -0.25) is 4.79 Å². The van der Waals surface area contributed by atoms with Gasteiger partial charge in [-0.1, -0.05) is 18.6 Å². The third-order valence-corrected chi connectivity index (χ3v) is 3.52. The Morgan fingerprint density at radius 2 is 2.16 bits per heavy atom. The summed E-state index contributed by atoms with van der Waals surface area (Å²) in [5.41, 5.74) is 0.819. The molecule has 104 valence electrons. The minimum atomic E-state index is -0.346. The second-order valence-electron chi connectivity index (χ2n) is 4.84. The minimum absolute atomic E-state index is 0.0817. The maximum Gasteiger partial charge on any atom is 0.315 e. The van der Waals surface area contributed by atoms with Crippen molar-refractivity contribution in [2.75, 3.05) is 13.2 Å². The lowest BCUT2D eigenvalue weighted by molar-refractivity contribution is -0.145. The molecule has 1 N–H and O–H groups in total. The molecule has 2 unspecified atom stereocenters. The van der Waals surface area contributed by atoms with Gasteiger partial charge in [0, 0.05) is 6.04 Å². The van der Waals surface area contributed by atoms with Crippen LogP contribution in [0.2, 0.25) is 0 Å². The third-order valence-electron chi connectivity index (χ3n) is 3.52. The molecule has 3 nitrogen and oxygen atoms in total. The van der Waals surface area contributed by atoms with Gasteiger partial charge in [0.05, 0.1) is 12.5 Å². The van der Waals surface area contributed by atoms with Crippen LogP contribution < -0.4 is 5.32 Å². The van der Waals surface area contributed by atoms with Crippen molar-refractivity contribution in [3.05, 3.63) is 35.6 Å². The average molecular weight is 265 g/mol. The molecule has 1 heterocycles. The highest BCUT2D eigenvalue weighted by atomic mass is 19.1. The molecule has 0 radical (unpaired) electrons. The second kappa shape index (κ2) is 6.66. The van der Waals surface area contributed by atoms with Crippen molar-refractivity contribution in [2.45, 2.75) is 38.1 Å². The van der Waals surface area contributed by atoms with Crippen LogP contribution in [-0.2, 0) is 9.53 Å². The fourth-order valence-corrected chi connectivity index (χ4v) is 2.60. The van der Waals surface area contributed by atoms with Gasteiger partial charge in [0.15, 0.2) is 0 Å². The lowest BCUT2D eigenvalue weighted by atomic mass is 9.86. The predicted octanol–water partition coefficient (Wildman–Crippen LogP) is 2.61. The molecule has 1 aliphatic rings. The van der Waals surface area contributed by atoms with E-state index >= 15 is 0 Å². The van der Waals surface area contributed by atoms with Crippen molar-refractivity contribution < 1.29 is 13.9 Å². The van der Waals surface area contributed by atoms with E-state index in [1.807, 2.05) is 0 Å². The SMILES string of the molecule is CCOC(=O)C(c1ccc(F)cc1)C1CCCCN1. The molecule has 4 heteroatoms. The molecular weight excluding hydrogens is 245 g/mol. The summed E-state index contributed by atoms with van der Waals surface area (Å²) in [6.45, 7) is 3.08. The maximum atomic E-state index is 13.0. The number of nitrogens with one attached hydrogen (secondary N) is 1. The van der Waals surface area contributed by atoms with E-state index in [2.05, 4.69) is 5.32 Å². The van der Waals surface area contributed by atoms with Crippen LogP contribution in [0.15, 0.2) is 24.3 Å². The van der Waals surface area contributed by atoms with Crippen LogP contribution in [-0.4, -0.2) is 25.2 Å². The molecule has 1 aliphatic heterocycles. The number of benzene rings is 1. The Balaban J connectivity index is 2.22. The second-order valence-corrected chi connectivity index (χ2v) is 4.84. The molecule has 0 aromatic heterocycles. The Bertz CT molecular complexity index is 413. The Labute approximate surface area is 113 Å². The summed E-state index contributed by atoms with van der Waals surface area (Å²) in [6.07, 6.45) is 3.19. The van der Waals surface area contributed by atoms with Gasteiger partial charge in [-0.2, -0.15) is 0 Å². The Hall–Kier alpha value is -1.42. The van der Waals surface area contributed by atoms with Crippen LogP contribution >= 0.6 is 0 Å². The molecule has 0 amide bonds. The van der Waals surface area contributed by atoms with E-state index < -0.39 is 0 Å². The monoisotopic (exact) mass is 265 g/mol. The van der Waals surface area contributed by atoms with Gasteiger partial charge in [-0.25, -0.2) is 4.39 Å². The Kier molecular flexibility index (Phi) is 4.91. The zero-order valence-corrected chi connectivity index (χ0v) is 11.2. The van der Waals surface area contributed by atoms with Gasteiger partial charge in [0.1, 0.15) is 5.82 Å². The van der Waals surface area contributed by atoms with Gasteiger partial charge in [0.25, 0.3) is 0 Å². The summed E-state index contributed by atoms with van der Waals surface area (Å²) >= 11 is 0. The minimum Gasteiger partial charge on any atom is -0.465 e. The van der Waals surface area contributed by atoms with Gasteiger partial charge in [-0.15, -0.1) is 0 Å². The lowest BCUT2D eigenvalue weighted by Crippen LogP contribution is -2.42. The highest BCUT2D eigenvalue weighted by Gasteiger charge is 2.31. The average Bonchev–Trinajstić information content (AvgIpc) is 2.43. The molecule has 0 spiro atoms. The van der Waals surface area contributed by atoms with Gasteiger partial charge >= 0.3 is 5.97 Å². The van der Waals surface area contributed by atoms with Crippen LogP contribution in [0.25, 0.3) is 0 Å². The first-order valence-corrected chi connectivity index (χ1v) is 6.88. The van der Waals surface area contributed by atoms with E-state index in [4.69, 9.17) is 4.74 Å². The Morgan fingerprint density at radius 1 is 1.42 bits per heavy atom. The molecule has 1 aromatic rings. The highest BCUT2D eigenvalue weighted by Crippen LogP contribution is 2.27. The van der Waals surface area contributed by atoms with Crippen LogP contribution in [0.5, 0.6) is 0 Å². The zero-order chi connectivity index (χ0) is 13.7. The first kappa shape index (κ1) is 14.0. The number of carbonyl (C=O) groups excluding carboxylic acids is 1. The molecule has 1 aromatic carbocycles. The smallest absolute Gasteiger partial charge is 0.315 e. The predicted molar refractivity (Wildman–Crippen MR) is 71.4 cm³/mol. The number of hydrogen-bond acceptors (Lipinski definition) is 3. The Morgan fingerprint density at radius 3 is 2.74 bits per heavy atom. The summed E-state index contributed by atoms with van der Waals surface area (Å²) in [6, 6.07) is 6.22. The standard InChI is InChI=1S/C15H20FNO2/c1-2-19-15(18)14(13-5-3-4-10-17-13)11-6-8-12(16)9-7-11/h6-9,13-14,17H,2-5,10H2,1H3. The van der Waals surface area contributed by atoms with E-state index in [-0.39, 0.29) is 23.7 Å². The van der Waals surface area contributed by atoms with Crippen molar-refractivity contribution in [1.82, 2.24) is 5.32 Å². The fourth-order valence-electron chi connectivity index (χ4n) is 2.60. The fraction of sp³-hybridized carbons (Fsp3) is 0.533. The first-order valence-electron chi connectivity index (χ1n) is 6.88. The van der Waals surface area contributed by atoms with Crippen LogP contribution in [0.3, 0.4) is 0 Å². The molecular formula is C15H20FNO2. The van der Waals surface area contributed by atoms with E-state index in [0.717, 1.165) is 31.4 Å². The summed E-state index contributed by atoms with van der Waals surface area (Å²) in [7, 11) is 0. The molecule has 0 aliphatic carbocycles. The molecule has 0 saturated carbocycles. The number of hydrogen-bond donors (Lipinski definition) is 1. The largest absolute Gasteiger partial charge is 0.465 e. The topological polar surface area (TPSA) is 38.3 Å². The van der Waals surface area contributed by atoms with Crippen molar-refractivity contribution in [3.8, 4) is 0 Å². The summed E-state index contributed by atoms with van der Waals surface area (Å²) in [5.74, 6) is -0.864. The van der Waals surface area contributed by atoms with Crippen molar-refractivity contribution in [2.24, 2.45) is 0 Å². The molecule has 0 bridgehead atoms. The molecule has 2 atom stereocenters. The van der Waals surface area contributed by atoms with Crippen molar-refractivity contribution >= 4 is 5.97 Å². The van der Waals surface area contributed by atoms with Crippen LogP contribution in [0.1, 0.15) is 37.7 Å². The number of carbonyl (C=O) groups is 1. The van der Waals surface area contributed by atoms with E-state index in [0.29, 0.717) is 6.61 Å². The van der Waals surface area contributed by atoms with Crippen molar-refractivity contribution in [1.29, 1.82) is 0 Å². The van der Waals surface area contributed by atoms with Crippen molar-refractivity contribution in [3.63, 3.8) is 0 Å². The van der Waals surface area contributed by atoms with E-state index in [1.165, 1.54) is 12.1 Å². The van der Waals surface area contributed by atoms with Gasteiger partial charge in [0.2, 0.25) is 0 Å². The van der Waals surface area contributed by atoms with Crippen LogP contribution in [0.4, 0.5) is 4.39 Å². The van der Waals surface area contributed by atoms with Crippen LogP contribution in [0, 0.1) is 5.82 Å². The molecule has 2 rings (SSSR count). The zero-order valence-electron chi connectivity index (χ0n) is 11.2. The third kappa shape index (κ3) is 3.53. The van der Waals surface area contributed by atoms with E-state index in [1.54, 1.807) is 19.1 Å². The molecule has 19 heavy (non-hydrogen) atoms. The number of piperidine rings is 1. The summed E-state index contributed by atoms with van der Waals surface area (Å²) in [4.78, 5) is 12.2. The van der Waals surface area contributed by atoms with Gasteiger partial charge < -0.3 is 10.1 Å². The normalized spacial score (nSPS) is 20.8. The summed E-state index contributed by atoms with van der Waals surface area (Å²) < 4.78 is 18.2. The molecule has 1 fully saturated rings. The van der Waals surface area contributed by atoms with E-state index in [9.17, 15) is 9.18 Å². The van der Waals surface area contributed by atoms with Gasteiger partial charge in [-0.05, 0) is 44.0 Å². The molecule has 1 saturated heterocycles.